The monoisotopic (exact) mass is 304 g/mol. The van der Waals surface area contributed by atoms with Gasteiger partial charge in [0.05, 0.1) is 17.7 Å². The number of nitrogens with one attached hydrogen (secondary N) is 1. The van der Waals surface area contributed by atoms with Crippen LogP contribution in [-0.2, 0) is 4.74 Å². The van der Waals surface area contributed by atoms with Crippen LogP contribution in [0.5, 0.6) is 0 Å². The molecule has 1 aromatic heterocycles. The Morgan fingerprint density at radius 1 is 1.29 bits per heavy atom. The first kappa shape index (κ1) is 15.1. The molecule has 0 bridgehead atoms. The molecule has 3 N–H and O–H groups in total. The van der Waals surface area contributed by atoms with Crippen LogP contribution in [0.2, 0.25) is 0 Å². The van der Waals surface area contributed by atoms with Crippen molar-refractivity contribution in [3.05, 3.63) is 46.3 Å². The highest BCUT2D eigenvalue weighted by Gasteiger charge is 2.19. The van der Waals surface area contributed by atoms with Crippen molar-refractivity contribution in [2.75, 3.05) is 17.7 Å². The summed E-state index contributed by atoms with van der Waals surface area (Å²) >= 11 is 1.32. The SMILES string of the molecule is CCOC(=O)c1cc(C)sc1NC(=O)c1ccccc1N. The molecule has 0 unspecified atom stereocenters. The van der Waals surface area contributed by atoms with E-state index in [-0.39, 0.29) is 12.5 Å². The van der Waals surface area contributed by atoms with Gasteiger partial charge in [-0.25, -0.2) is 4.79 Å². The molecule has 0 saturated heterocycles. The van der Waals surface area contributed by atoms with E-state index in [0.717, 1.165) is 4.88 Å². The van der Waals surface area contributed by atoms with Gasteiger partial charge in [-0.15, -0.1) is 11.3 Å². The lowest BCUT2D eigenvalue weighted by Gasteiger charge is -2.07. The Morgan fingerprint density at radius 2 is 2.00 bits per heavy atom. The Hall–Kier alpha value is -2.34. The van der Waals surface area contributed by atoms with Gasteiger partial charge in [-0.1, -0.05) is 12.1 Å². The Balaban J connectivity index is 2.26. The summed E-state index contributed by atoms with van der Waals surface area (Å²) < 4.78 is 4.98. The molecule has 0 saturated carbocycles. The summed E-state index contributed by atoms with van der Waals surface area (Å²) in [5, 5.41) is 3.20. The number of hydrogen-bond donors (Lipinski definition) is 2. The van der Waals surface area contributed by atoms with Gasteiger partial charge < -0.3 is 15.8 Å². The maximum absolute atomic E-state index is 12.2. The van der Waals surface area contributed by atoms with Crippen LogP contribution in [0.1, 0.15) is 32.5 Å². The minimum atomic E-state index is -0.446. The van der Waals surface area contributed by atoms with Crippen LogP contribution in [0.25, 0.3) is 0 Å². The van der Waals surface area contributed by atoms with E-state index in [4.69, 9.17) is 10.5 Å². The highest BCUT2D eigenvalue weighted by Crippen LogP contribution is 2.29. The largest absolute Gasteiger partial charge is 0.462 e. The standard InChI is InChI=1S/C15H16N2O3S/c1-3-20-15(19)11-8-9(2)21-14(11)17-13(18)10-6-4-5-7-12(10)16/h4-8H,3,16H2,1-2H3,(H,17,18). The molecule has 0 spiro atoms. The van der Waals surface area contributed by atoms with Gasteiger partial charge in [0.2, 0.25) is 0 Å². The molecule has 0 fully saturated rings. The number of carbonyl (C=O) groups excluding carboxylic acids is 2. The molecule has 0 aliphatic carbocycles. The van der Waals surface area contributed by atoms with E-state index in [9.17, 15) is 9.59 Å². The zero-order chi connectivity index (χ0) is 15.4. The molecule has 0 aliphatic rings. The molecule has 0 aliphatic heterocycles. The minimum absolute atomic E-state index is 0.284. The molecule has 5 nitrogen and oxygen atoms in total. The minimum Gasteiger partial charge on any atom is -0.462 e. The van der Waals surface area contributed by atoms with Crippen molar-refractivity contribution < 1.29 is 14.3 Å². The van der Waals surface area contributed by atoms with E-state index < -0.39 is 5.97 Å². The Morgan fingerprint density at radius 3 is 2.67 bits per heavy atom. The van der Waals surface area contributed by atoms with Gasteiger partial charge in [0.1, 0.15) is 5.00 Å². The number of esters is 1. The molecule has 1 aromatic carbocycles. The molecular formula is C15H16N2O3S. The van der Waals surface area contributed by atoms with Crippen LogP contribution in [0.4, 0.5) is 10.7 Å². The lowest BCUT2D eigenvalue weighted by molar-refractivity contribution is 0.0528. The van der Waals surface area contributed by atoms with Crippen LogP contribution in [0, 0.1) is 6.92 Å². The second kappa shape index (κ2) is 6.41. The summed E-state index contributed by atoms with van der Waals surface area (Å²) in [4.78, 5) is 25.0. The fraction of sp³-hybridized carbons (Fsp3) is 0.200. The number of ether oxygens (including phenoxy) is 1. The van der Waals surface area contributed by atoms with Crippen molar-refractivity contribution in [1.82, 2.24) is 0 Å². The van der Waals surface area contributed by atoms with Crippen molar-refractivity contribution in [2.45, 2.75) is 13.8 Å². The van der Waals surface area contributed by atoms with Gasteiger partial charge in [-0.3, -0.25) is 4.79 Å². The third-order valence-corrected chi connectivity index (χ3v) is 3.75. The van der Waals surface area contributed by atoms with Crippen molar-refractivity contribution >= 4 is 33.9 Å². The number of carbonyl (C=O) groups is 2. The number of nitrogens with two attached hydrogens (primary N) is 1. The average molecular weight is 304 g/mol. The van der Waals surface area contributed by atoms with E-state index >= 15 is 0 Å². The molecule has 1 amide bonds. The smallest absolute Gasteiger partial charge is 0.341 e. The molecule has 110 valence electrons. The van der Waals surface area contributed by atoms with E-state index in [0.29, 0.717) is 21.8 Å². The van der Waals surface area contributed by atoms with Crippen LogP contribution < -0.4 is 11.1 Å². The summed E-state index contributed by atoms with van der Waals surface area (Å²) in [6.07, 6.45) is 0. The first-order valence-corrected chi connectivity index (χ1v) is 7.28. The lowest BCUT2D eigenvalue weighted by atomic mass is 10.1. The second-order valence-electron chi connectivity index (χ2n) is 4.36. The Bertz CT molecular complexity index is 679. The molecule has 2 aromatic rings. The average Bonchev–Trinajstić information content (AvgIpc) is 2.80. The van der Waals surface area contributed by atoms with E-state index in [1.54, 1.807) is 37.3 Å². The first-order valence-electron chi connectivity index (χ1n) is 6.46. The highest BCUT2D eigenvalue weighted by atomic mass is 32.1. The van der Waals surface area contributed by atoms with Crippen LogP contribution >= 0.6 is 11.3 Å². The van der Waals surface area contributed by atoms with Crippen LogP contribution in [0.3, 0.4) is 0 Å². The van der Waals surface area contributed by atoms with Crippen LogP contribution in [-0.4, -0.2) is 18.5 Å². The third kappa shape index (κ3) is 3.41. The normalized spacial score (nSPS) is 10.2. The quantitative estimate of drug-likeness (QED) is 0.672. The fourth-order valence-corrected chi connectivity index (χ4v) is 2.74. The summed E-state index contributed by atoms with van der Waals surface area (Å²) in [5.74, 6) is -0.793. The van der Waals surface area contributed by atoms with E-state index in [1.165, 1.54) is 11.3 Å². The van der Waals surface area contributed by atoms with Gasteiger partial charge in [0.15, 0.2) is 0 Å². The number of anilines is 2. The molecular weight excluding hydrogens is 288 g/mol. The number of hydrogen-bond acceptors (Lipinski definition) is 5. The number of nitrogen functional groups attached to an aromatic ring is 1. The summed E-state index contributed by atoms with van der Waals surface area (Å²) in [5.41, 5.74) is 6.90. The van der Waals surface area contributed by atoms with Crippen molar-refractivity contribution in [2.24, 2.45) is 0 Å². The van der Waals surface area contributed by atoms with Crippen molar-refractivity contribution in [3.63, 3.8) is 0 Å². The zero-order valence-corrected chi connectivity index (χ0v) is 12.6. The predicted molar refractivity (Wildman–Crippen MR) is 83.8 cm³/mol. The van der Waals surface area contributed by atoms with E-state index in [1.807, 2.05) is 6.92 Å². The molecule has 0 atom stereocenters. The van der Waals surface area contributed by atoms with Gasteiger partial charge in [-0.2, -0.15) is 0 Å². The summed E-state index contributed by atoms with van der Waals surface area (Å²) in [6, 6.07) is 8.48. The summed E-state index contributed by atoms with van der Waals surface area (Å²) in [7, 11) is 0. The number of aryl methyl sites for hydroxylation is 1. The highest BCUT2D eigenvalue weighted by molar-refractivity contribution is 7.16. The first-order chi connectivity index (χ1) is 10.0. The second-order valence-corrected chi connectivity index (χ2v) is 5.62. The molecule has 21 heavy (non-hydrogen) atoms. The fourth-order valence-electron chi connectivity index (χ4n) is 1.84. The maximum atomic E-state index is 12.2. The third-order valence-electron chi connectivity index (χ3n) is 2.78. The molecule has 0 radical (unpaired) electrons. The van der Waals surface area contributed by atoms with Gasteiger partial charge in [-0.05, 0) is 32.0 Å². The predicted octanol–water partition coefficient (Wildman–Crippen LogP) is 3.07. The topological polar surface area (TPSA) is 81.4 Å². The lowest BCUT2D eigenvalue weighted by Crippen LogP contribution is -2.15. The van der Waals surface area contributed by atoms with Crippen molar-refractivity contribution in [3.8, 4) is 0 Å². The molecule has 1 heterocycles. The van der Waals surface area contributed by atoms with Gasteiger partial charge in [0.25, 0.3) is 5.91 Å². The zero-order valence-electron chi connectivity index (χ0n) is 11.8. The number of rotatable bonds is 4. The number of para-hydroxylation sites is 1. The van der Waals surface area contributed by atoms with Crippen molar-refractivity contribution in [1.29, 1.82) is 0 Å². The molecule has 2 rings (SSSR count). The Labute approximate surface area is 126 Å². The number of thiophene rings is 1. The Kier molecular flexibility index (Phi) is 4.59. The van der Waals surface area contributed by atoms with Gasteiger partial charge >= 0.3 is 5.97 Å². The number of benzene rings is 1. The maximum Gasteiger partial charge on any atom is 0.341 e. The van der Waals surface area contributed by atoms with Gasteiger partial charge in [0, 0.05) is 10.6 Å². The molecule has 6 heteroatoms. The number of amides is 1. The summed E-state index contributed by atoms with van der Waals surface area (Å²) in [6.45, 7) is 3.88. The van der Waals surface area contributed by atoms with E-state index in [2.05, 4.69) is 5.32 Å². The van der Waals surface area contributed by atoms with Crippen LogP contribution in [0.15, 0.2) is 30.3 Å².